The lowest BCUT2D eigenvalue weighted by Crippen LogP contribution is -2.27. The second-order valence-electron chi connectivity index (χ2n) is 10.2. The maximum Gasteiger partial charge on any atom is 0.0726 e. The third-order valence-corrected chi connectivity index (χ3v) is 8.15. The summed E-state index contributed by atoms with van der Waals surface area (Å²) in [4.78, 5) is 0. The molecule has 0 saturated heterocycles. The van der Waals surface area contributed by atoms with Crippen LogP contribution in [-0.2, 0) is 5.41 Å². The first-order chi connectivity index (χ1) is 19.1. The molecule has 1 heteroatoms. The van der Waals surface area contributed by atoms with Crippen molar-refractivity contribution in [2.75, 3.05) is 5.32 Å². The minimum atomic E-state index is -0.407. The molecule has 1 spiro atoms. The number of anilines is 1. The Morgan fingerprint density at radius 1 is 0.744 bits per heavy atom. The van der Waals surface area contributed by atoms with Crippen LogP contribution in [-0.4, -0.2) is 6.04 Å². The number of hydrogen-bond acceptors (Lipinski definition) is 1. The molecule has 0 saturated carbocycles. The number of nitrogens with one attached hydrogen (secondary N) is 1. The molecule has 0 radical (unpaired) electrons. The van der Waals surface area contributed by atoms with E-state index in [2.05, 4.69) is 148 Å². The molecule has 0 fully saturated rings. The number of benzene rings is 4. The summed E-state index contributed by atoms with van der Waals surface area (Å²) < 4.78 is 0. The van der Waals surface area contributed by atoms with Gasteiger partial charge in [0.2, 0.25) is 0 Å². The molecule has 0 amide bonds. The zero-order chi connectivity index (χ0) is 27.0. The topological polar surface area (TPSA) is 12.0 Å². The Labute approximate surface area is 232 Å². The maximum atomic E-state index is 4.30. The summed E-state index contributed by atoms with van der Waals surface area (Å²) in [7, 11) is 0. The van der Waals surface area contributed by atoms with Crippen LogP contribution in [0.5, 0.6) is 0 Å². The Morgan fingerprint density at radius 2 is 1.38 bits per heavy atom. The van der Waals surface area contributed by atoms with Crippen LogP contribution in [0, 0.1) is 0 Å². The van der Waals surface area contributed by atoms with Gasteiger partial charge in [0.05, 0.1) is 5.41 Å². The summed E-state index contributed by atoms with van der Waals surface area (Å²) in [5, 5.41) is 3.74. The van der Waals surface area contributed by atoms with E-state index in [4.69, 9.17) is 0 Å². The summed E-state index contributed by atoms with van der Waals surface area (Å²) >= 11 is 0. The maximum absolute atomic E-state index is 4.30. The molecule has 2 unspecified atom stereocenters. The highest BCUT2D eigenvalue weighted by Gasteiger charge is 2.51. The molecule has 190 valence electrons. The average molecular weight is 504 g/mol. The molecule has 1 N–H and O–H groups in total. The van der Waals surface area contributed by atoms with Crippen molar-refractivity contribution >= 4 is 16.8 Å². The van der Waals surface area contributed by atoms with E-state index >= 15 is 0 Å². The fourth-order valence-corrected chi connectivity index (χ4v) is 6.52. The highest BCUT2D eigenvalue weighted by atomic mass is 14.9. The number of rotatable bonds is 7. The van der Waals surface area contributed by atoms with Crippen molar-refractivity contribution in [2.24, 2.45) is 0 Å². The normalized spacial score (nSPS) is 18.2. The molecule has 4 aromatic carbocycles. The number of fused-ring (bicyclic) bond motifs is 7. The van der Waals surface area contributed by atoms with Gasteiger partial charge in [-0.15, -0.1) is 0 Å². The van der Waals surface area contributed by atoms with Crippen molar-refractivity contribution in [1.29, 1.82) is 0 Å². The lowest BCUT2D eigenvalue weighted by Gasteiger charge is -2.31. The van der Waals surface area contributed by atoms with E-state index in [9.17, 15) is 0 Å². The van der Waals surface area contributed by atoms with Gasteiger partial charge in [0.15, 0.2) is 0 Å². The SMILES string of the molecule is C=CC1=C(C=C)C2(c3ccccc31)c1ccccc1-c1ccc(NC(C)/C=C\C(=C/C)c3ccccc3)cc12. The van der Waals surface area contributed by atoms with Crippen LogP contribution in [0.25, 0.3) is 22.3 Å². The van der Waals surface area contributed by atoms with Crippen LogP contribution in [0.1, 0.15) is 41.7 Å². The van der Waals surface area contributed by atoms with E-state index in [0.717, 1.165) is 11.3 Å². The standard InChI is InChI=1S/C38H33N/c1-5-27(28-15-9-8-10-16-28)22-21-26(4)39-29-23-24-33-32-18-12-14-20-36(32)38(37(33)25-29)34(7-3)30(6-2)31-17-11-13-19-35(31)38/h5-26,39H,2-3H2,1,4H3/b22-21-,27-5+. The van der Waals surface area contributed by atoms with Crippen molar-refractivity contribution in [3.8, 4) is 11.1 Å². The predicted molar refractivity (Wildman–Crippen MR) is 168 cm³/mol. The number of allylic oxidation sites excluding steroid dienone is 7. The molecule has 4 aromatic rings. The van der Waals surface area contributed by atoms with Crippen molar-refractivity contribution in [3.63, 3.8) is 0 Å². The first kappa shape index (κ1) is 24.7. The lowest BCUT2D eigenvalue weighted by molar-refractivity contribution is 0.786. The van der Waals surface area contributed by atoms with E-state index in [-0.39, 0.29) is 6.04 Å². The molecule has 2 aliphatic rings. The summed E-state index contributed by atoms with van der Waals surface area (Å²) in [6.45, 7) is 12.8. The third kappa shape index (κ3) is 3.77. The quantitative estimate of drug-likeness (QED) is 0.248. The van der Waals surface area contributed by atoms with Gasteiger partial charge >= 0.3 is 0 Å². The van der Waals surface area contributed by atoms with Gasteiger partial charge in [-0.1, -0.05) is 128 Å². The van der Waals surface area contributed by atoms with Gasteiger partial charge in [0, 0.05) is 11.7 Å². The molecular weight excluding hydrogens is 470 g/mol. The Bertz CT molecular complexity index is 1680. The van der Waals surface area contributed by atoms with Crippen LogP contribution in [0.15, 0.2) is 146 Å². The van der Waals surface area contributed by atoms with Crippen molar-refractivity contribution in [1.82, 2.24) is 0 Å². The molecule has 0 heterocycles. The van der Waals surface area contributed by atoms with E-state index < -0.39 is 5.41 Å². The zero-order valence-electron chi connectivity index (χ0n) is 22.6. The number of hydrogen-bond donors (Lipinski definition) is 1. The van der Waals surface area contributed by atoms with Gasteiger partial charge in [-0.2, -0.15) is 0 Å². The van der Waals surface area contributed by atoms with Gasteiger partial charge in [-0.25, -0.2) is 0 Å². The smallest absolute Gasteiger partial charge is 0.0726 e. The molecule has 0 aliphatic heterocycles. The van der Waals surface area contributed by atoms with Crippen molar-refractivity contribution in [3.05, 3.63) is 174 Å². The minimum Gasteiger partial charge on any atom is -0.379 e. The molecule has 2 aliphatic carbocycles. The first-order valence-electron chi connectivity index (χ1n) is 13.6. The average Bonchev–Trinajstić information content (AvgIpc) is 3.44. The van der Waals surface area contributed by atoms with Crippen LogP contribution in [0.2, 0.25) is 0 Å². The summed E-state index contributed by atoms with van der Waals surface area (Å²) in [5.74, 6) is 0. The van der Waals surface area contributed by atoms with E-state index in [1.54, 1.807) is 0 Å². The van der Waals surface area contributed by atoms with E-state index in [1.165, 1.54) is 50.1 Å². The second kappa shape index (κ2) is 9.93. The molecule has 0 bridgehead atoms. The molecule has 1 nitrogen and oxygen atoms in total. The first-order valence-corrected chi connectivity index (χ1v) is 13.6. The molecule has 2 atom stereocenters. The Balaban J connectivity index is 1.44. The van der Waals surface area contributed by atoms with Gasteiger partial charge in [-0.3, -0.25) is 0 Å². The highest BCUT2D eigenvalue weighted by Crippen LogP contribution is 2.62. The fraction of sp³-hybridized carbons (Fsp3) is 0.105. The lowest BCUT2D eigenvalue weighted by atomic mass is 9.69. The van der Waals surface area contributed by atoms with Crippen LogP contribution < -0.4 is 5.32 Å². The van der Waals surface area contributed by atoms with Crippen molar-refractivity contribution in [2.45, 2.75) is 25.3 Å². The van der Waals surface area contributed by atoms with Crippen LogP contribution >= 0.6 is 0 Å². The van der Waals surface area contributed by atoms with Gasteiger partial charge in [0.1, 0.15) is 0 Å². The Kier molecular flexibility index (Phi) is 6.29. The predicted octanol–water partition coefficient (Wildman–Crippen LogP) is 9.60. The fourth-order valence-electron chi connectivity index (χ4n) is 6.52. The monoisotopic (exact) mass is 503 g/mol. The minimum absolute atomic E-state index is 0.149. The third-order valence-electron chi connectivity index (χ3n) is 8.15. The molecular formula is C38H33N. The Morgan fingerprint density at radius 3 is 2.08 bits per heavy atom. The molecule has 6 rings (SSSR count). The van der Waals surface area contributed by atoms with E-state index in [1.807, 2.05) is 12.2 Å². The summed E-state index contributed by atoms with van der Waals surface area (Å²) in [6.07, 6.45) is 10.6. The Hall–Kier alpha value is -4.62. The second-order valence-corrected chi connectivity index (χ2v) is 10.2. The zero-order valence-corrected chi connectivity index (χ0v) is 22.6. The molecule has 39 heavy (non-hydrogen) atoms. The molecule has 0 aromatic heterocycles. The van der Waals surface area contributed by atoms with Gasteiger partial charge in [-0.05, 0) is 81.6 Å². The van der Waals surface area contributed by atoms with Crippen LogP contribution in [0.4, 0.5) is 5.69 Å². The van der Waals surface area contributed by atoms with Crippen molar-refractivity contribution < 1.29 is 0 Å². The highest BCUT2D eigenvalue weighted by molar-refractivity contribution is 5.98. The largest absolute Gasteiger partial charge is 0.379 e. The summed E-state index contributed by atoms with van der Waals surface area (Å²) in [6, 6.07) is 35.1. The van der Waals surface area contributed by atoms with Gasteiger partial charge < -0.3 is 5.32 Å². The summed E-state index contributed by atoms with van der Waals surface area (Å²) in [5.41, 5.74) is 13.2. The van der Waals surface area contributed by atoms with Gasteiger partial charge in [0.25, 0.3) is 0 Å². The van der Waals surface area contributed by atoms with E-state index in [0.29, 0.717) is 0 Å². The van der Waals surface area contributed by atoms with Crippen LogP contribution in [0.3, 0.4) is 0 Å².